The molecule has 0 aliphatic carbocycles. The molecule has 0 spiro atoms. The number of nitrogens with one attached hydrogen (secondary N) is 1. The van der Waals surface area contributed by atoms with Crippen LogP contribution in [0.25, 0.3) is 0 Å². The van der Waals surface area contributed by atoms with Gasteiger partial charge in [0, 0.05) is 12.8 Å². The summed E-state index contributed by atoms with van der Waals surface area (Å²) in [6.07, 6.45) is 71.9. The van der Waals surface area contributed by atoms with Crippen LogP contribution < -0.4 is 5.32 Å². The normalized spacial score (nSPS) is 13.7. The Morgan fingerprint density at radius 3 is 1.08 bits per heavy atom. The summed E-state index contributed by atoms with van der Waals surface area (Å²) in [5.41, 5.74) is 0. The number of hydrogen-bond donors (Lipinski definition) is 2. The van der Waals surface area contributed by atoms with Crippen molar-refractivity contribution in [1.82, 2.24) is 5.32 Å². The van der Waals surface area contributed by atoms with Gasteiger partial charge >= 0.3 is 13.8 Å². The van der Waals surface area contributed by atoms with Crippen molar-refractivity contribution in [2.24, 2.45) is 0 Å². The van der Waals surface area contributed by atoms with Crippen molar-refractivity contribution in [3.63, 3.8) is 0 Å². The van der Waals surface area contributed by atoms with E-state index in [4.69, 9.17) is 13.8 Å². The molecular weight excluding hydrogens is 1000 g/mol. The zero-order chi connectivity index (χ0) is 57.9. The molecule has 0 aromatic heterocycles. The number of rotatable bonds is 64. The lowest BCUT2D eigenvalue weighted by Gasteiger charge is -2.27. The van der Waals surface area contributed by atoms with E-state index in [1.165, 1.54) is 244 Å². The van der Waals surface area contributed by atoms with Crippen LogP contribution >= 0.6 is 7.82 Å². The van der Waals surface area contributed by atoms with Crippen molar-refractivity contribution < 1.29 is 37.3 Å². The number of hydrogen-bond acceptors (Lipinski definition) is 6. The number of unbranched alkanes of at least 4 members (excludes halogenated alkanes) is 46. The maximum atomic E-state index is 13.6. The van der Waals surface area contributed by atoms with Crippen molar-refractivity contribution >= 4 is 19.7 Å². The number of likely N-dealkylation sites (N-methyl/N-ethyl adjacent to an activating group) is 1. The maximum Gasteiger partial charge on any atom is 0.472 e. The third-order valence-corrected chi connectivity index (χ3v) is 16.9. The Kier molecular flexibility index (Phi) is 58.5. The Balaban J connectivity index is 5.03. The van der Waals surface area contributed by atoms with E-state index in [1.54, 1.807) is 0 Å². The Bertz CT molecular complexity index is 1400. The molecule has 9 nitrogen and oxygen atoms in total. The van der Waals surface area contributed by atoms with Crippen LogP contribution in [0.3, 0.4) is 0 Å². The number of nitrogens with zero attached hydrogens (tertiary/aromatic N) is 1. The van der Waals surface area contributed by atoms with Gasteiger partial charge in [-0.25, -0.2) is 4.57 Å². The molecule has 0 fully saturated rings. The number of phosphoric acid groups is 1. The highest BCUT2D eigenvalue weighted by molar-refractivity contribution is 7.47. The predicted molar refractivity (Wildman–Crippen MR) is 342 cm³/mol. The molecule has 0 radical (unpaired) electrons. The van der Waals surface area contributed by atoms with E-state index in [0.717, 1.165) is 77.0 Å². The summed E-state index contributed by atoms with van der Waals surface area (Å²) in [4.78, 5) is 37.8. The molecule has 2 N–H and O–H groups in total. The molecule has 0 aliphatic heterocycles. The van der Waals surface area contributed by atoms with Crippen molar-refractivity contribution in [1.29, 1.82) is 0 Å². The highest BCUT2D eigenvalue weighted by Gasteiger charge is 2.30. The van der Waals surface area contributed by atoms with Crippen LogP contribution in [0.2, 0.25) is 0 Å². The number of quaternary nitrogens is 1. The zero-order valence-corrected chi connectivity index (χ0v) is 54.5. The van der Waals surface area contributed by atoms with Gasteiger partial charge in [0.15, 0.2) is 0 Å². The lowest BCUT2D eigenvalue weighted by molar-refractivity contribution is -0.870. The third kappa shape index (κ3) is 60.9. The summed E-state index contributed by atoms with van der Waals surface area (Å²) < 4.78 is 30.8. The minimum atomic E-state index is -4.45. The van der Waals surface area contributed by atoms with Gasteiger partial charge in [0.05, 0.1) is 33.8 Å². The predicted octanol–water partition coefficient (Wildman–Crippen LogP) is 21.7. The molecule has 3 unspecified atom stereocenters. The molecule has 0 aliphatic rings. The highest BCUT2D eigenvalue weighted by Crippen LogP contribution is 2.43. The summed E-state index contributed by atoms with van der Waals surface area (Å²) in [7, 11) is 1.51. The molecular formula is C69H136N2O7P+. The van der Waals surface area contributed by atoms with Crippen molar-refractivity contribution in [3.05, 3.63) is 24.3 Å². The molecule has 468 valence electrons. The fourth-order valence-electron chi connectivity index (χ4n) is 10.5. The molecule has 79 heavy (non-hydrogen) atoms. The molecule has 0 rings (SSSR count). The largest absolute Gasteiger partial charge is 0.472 e. The topological polar surface area (TPSA) is 111 Å². The van der Waals surface area contributed by atoms with Crippen LogP contribution in [0.1, 0.15) is 355 Å². The molecule has 0 saturated carbocycles. The van der Waals surface area contributed by atoms with E-state index in [-0.39, 0.29) is 25.1 Å². The molecule has 0 saturated heterocycles. The van der Waals surface area contributed by atoms with Gasteiger partial charge in [0.25, 0.3) is 0 Å². The second-order valence-corrected chi connectivity index (χ2v) is 26.5. The number of allylic oxidation sites excluding steroid dienone is 3. The second-order valence-electron chi connectivity index (χ2n) is 25.1. The van der Waals surface area contributed by atoms with Crippen LogP contribution in [-0.2, 0) is 27.9 Å². The van der Waals surface area contributed by atoms with Gasteiger partial charge in [-0.2, -0.15) is 0 Å². The lowest BCUT2D eigenvalue weighted by atomic mass is 10.0. The van der Waals surface area contributed by atoms with Crippen molar-refractivity contribution in [3.8, 4) is 0 Å². The Labute approximate surface area is 492 Å². The summed E-state index contributed by atoms with van der Waals surface area (Å²) in [5, 5.41) is 3.06. The van der Waals surface area contributed by atoms with Gasteiger partial charge in [0.2, 0.25) is 5.91 Å². The first-order valence-electron chi connectivity index (χ1n) is 34.7. The Morgan fingerprint density at radius 1 is 0.430 bits per heavy atom. The zero-order valence-electron chi connectivity index (χ0n) is 53.6. The Hall–Kier alpha value is -1.51. The first-order chi connectivity index (χ1) is 38.4. The summed E-state index contributed by atoms with van der Waals surface area (Å²) >= 11 is 0. The van der Waals surface area contributed by atoms with Crippen LogP contribution in [-0.4, -0.2) is 74.3 Å². The lowest BCUT2D eigenvalue weighted by Crippen LogP contribution is -2.47. The first kappa shape index (κ1) is 77.5. The smallest absolute Gasteiger partial charge is 0.456 e. The number of carbonyl (C=O) groups excluding carboxylic acids is 2. The average Bonchev–Trinajstić information content (AvgIpc) is 3.41. The third-order valence-electron chi connectivity index (χ3n) is 15.9. The fourth-order valence-corrected chi connectivity index (χ4v) is 11.3. The van der Waals surface area contributed by atoms with Gasteiger partial charge in [0.1, 0.15) is 19.3 Å². The number of carbonyl (C=O) groups is 2. The summed E-state index contributed by atoms with van der Waals surface area (Å²) in [6, 6.07) is -0.847. The summed E-state index contributed by atoms with van der Waals surface area (Å²) in [6.45, 7) is 7.06. The Morgan fingerprint density at radius 2 is 0.734 bits per heavy atom. The highest BCUT2D eigenvalue weighted by atomic mass is 31.2. The van der Waals surface area contributed by atoms with Crippen LogP contribution in [0.15, 0.2) is 24.3 Å². The molecule has 3 atom stereocenters. The first-order valence-corrected chi connectivity index (χ1v) is 36.2. The van der Waals surface area contributed by atoms with E-state index in [9.17, 15) is 19.0 Å². The van der Waals surface area contributed by atoms with E-state index in [2.05, 4.69) is 38.2 Å². The van der Waals surface area contributed by atoms with Crippen LogP contribution in [0.4, 0.5) is 0 Å². The van der Waals surface area contributed by atoms with Gasteiger partial charge in [-0.1, -0.05) is 309 Å². The van der Waals surface area contributed by atoms with Crippen LogP contribution in [0.5, 0.6) is 0 Å². The SMILES string of the molecule is CCCCCCCCC/C=C/CCCCCCCC(=O)NC(COP(=O)(O)OCC[N+](C)(C)C)C(/C=C\CCCCCCCCCCCC)OC(=O)CCCCCCCCCCCCCCCCCCCCCCCCCCC. The number of esters is 1. The minimum absolute atomic E-state index is 0.0423. The van der Waals surface area contributed by atoms with Crippen LogP contribution in [0, 0.1) is 0 Å². The maximum absolute atomic E-state index is 13.6. The number of ether oxygens (including phenoxy) is 1. The minimum Gasteiger partial charge on any atom is -0.456 e. The number of amides is 1. The van der Waals surface area contributed by atoms with E-state index >= 15 is 0 Å². The van der Waals surface area contributed by atoms with Gasteiger partial charge in [-0.3, -0.25) is 18.6 Å². The summed E-state index contributed by atoms with van der Waals surface area (Å²) in [5.74, 6) is -0.495. The van der Waals surface area contributed by atoms with E-state index < -0.39 is 20.0 Å². The molecule has 0 aromatic rings. The van der Waals surface area contributed by atoms with Gasteiger partial charge < -0.3 is 19.4 Å². The molecule has 0 heterocycles. The van der Waals surface area contributed by atoms with Gasteiger partial charge in [-0.05, 0) is 57.4 Å². The molecule has 1 amide bonds. The monoisotopic (exact) mass is 1140 g/mol. The fraction of sp³-hybridized carbons (Fsp3) is 0.913. The standard InChI is InChI=1S/C69H135N2O7P/c1-7-10-13-16-19-22-25-28-30-32-33-34-35-36-37-38-39-40-42-44-47-50-53-56-59-62-69(73)78-67(60-57-54-51-48-45-27-24-21-18-15-12-9-3)66(65-77-79(74,75)76-64-63-71(4,5)6)70-68(72)61-58-55-52-49-46-43-41-31-29-26-23-20-17-14-11-8-2/h31,41,57,60,66-67H,7-30,32-40,42-56,58-59,61-65H2,1-6H3,(H-,70,72,74,75)/p+1/b41-31+,60-57-. The number of phosphoric ester groups is 1. The second kappa shape index (κ2) is 59.6. The van der Waals surface area contributed by atoms with Crippen molar-refractivity contribution in [2.75, 3.05) is 40.9 Å². The molecule has 0 aromatic carbocycles. The van der Waals surface area contributed by atoms with E-state index in [1.807, 2.05) is 33.3 Å². The quantitative estimate of drug-likeness (QED) is 0.0205. The molecule has 10 heteroatoms. The average molecular weight is 1140 g/mol. The van der Waals surface area contributed by atoms with E-state index in [0.29, 0.717) is 23.9 Å². The van der Waals surface area contributed by atoms with Gasteiger partial charge in [-0.15, -0.1) is 0 Å². The molecule has 0 bridgehead atoms. The van der Waals surface area contributed by atoms with Crippen molar-refractivity contribution in [2.45, 2.75) is 367 Å².